The van der Waals surface area contributed by atoms with Crippen LogP contribution in [0, 0.1) is 0 Å². The molecule has 3 aromatic heterocycles. The third-order valence-electron chi connectivity index (χ3n) is 5.50. The zero-order chi connectivity index (χ0) is 21.6. The van der Waals surface area contributed by atoms with Crippen LogP contribution in [0.4, 0.5) is 19.1 Å². The number of halogens is 3. The van der Waals surface area contributed by atoms with E-state index in [1.807, 2.05) is 4.90 Å². The Morgan fingerprint density at radius 1 is 1.13 bits per heavy atom. The van der Waals surface area contributed by atoms with Crippen LogP contribution < -0.4 is 10.6 Å². The second-order valence-corrected chi connectivity index (χ2v) is 8.76. The highest BCUT2D eigenvalue weighted by atomic mass is 32.1. The fraction of sp³-hybridized carbons (Fsp3) is 0.400. The monoisotopic (exact) mass is 448 g/mol. The minimum atomic E-state index is -4.38. The van der Waals surface area contributed by atoms with Crippen molar-refractivity contribution >= 4 is 22.9 Å². The fourth-order valence-electron chi connectivity index (χ4n) is 3.89. The maximum Gasteiger partial charge on any atom is 0.425 e. The molecule has 0 unspecified atom stereocenters. The molecule has 31 heavy (non-hydrogen) atoms. The van der Waals surface area contributed by atoms with Gasteiger partial charge in [-0.15, -0.1) is 11.3 Å². The Bertz CT molecular complexity index is 1190. The summed E-state index contributed by atoms with van der Waals surface area (Å²) in [4.78, 5) is 27.1. The van der Waals surface area contributed by atoms with Gasteiger partial charge in [-0.05, 0) is 30.5 Å². The van der Waals surface area contributed by atoms with Gasteiger partial charge >= 0.3 is 11.9 Å². The molecule has 0 bridgehead atoms. The first-order valence-corrected chi connectivity index (χ1v) is 10.8. The van der Waals surface area contributed by atoms with Gasteiger partial charge < -0.3 is 9.47 Å². The number of anilines is 1. The molecule has 0 saturated carbocycles. The largest absolute Gasteiger partial charge is 0.425 e. The maximum atomic E-state index is 12.8. The molecule has 0 spiro atoms. The lowest BCUT2D eigenvalue weighted by Gasteiger charge is -2.25. The Balaban J connectivity index is 1.27. The molecule has 5 rings (SSSR count). The molecule has 0 radical (unpaired) electrons. The molecule has 162 valence electrons. The molecular formula is C20H19F3N6OS. The van der Waals surface area contributed by atoms with E-state index < -0.39 is 16.7 Å². The number of aromatic nitrogens is 5. The lowest BCUT2D eigenvalue weighted by molar-refractivity contribution is -0.134. The van der Waals surface area contributed by atoms with Crippen molar-refractivity contribution in [3.05, 3.63) is 62.5 Å². The first-order valence-electron chi connectivity index (χ1n) is 9.96. The van der Waals surface area contributed by atoms with Crippen molar-refractivity contribution in [1.29, 1.82) is 0 Å². The highest BCUT2D eigenvalue weighted by molar-refractivity contribution is 7.12. The second kappa shape index (κ2) is 7.63. The topological polar surface area (TPSA) is 68.8 Å². The van der Waals surface area contributed by atoms with E-state index in [0.717, 1.165) is 43.4 Å². The van der Waals surface area contributed by atoms with E-state index in [9.17, 15) is 18.0 Å². The minimum absolute atomic E-state index is 0.00883. The van der Waals surface area contributed by atoms with Crippen LogP contribution >= 0.6 is 11.3 Å². The Kier molecular flexibility index (Phi) is 4.92. The zero-order valence-corrected chi connectivity index (χ0v) is 17.3. The van der Waals surface area contributed by atoms with E-state index in [1.54, 1.807) is 0 Å². The summed E-state index contributed by atoms with van der Waals surface area (Å²) in [5.41, 5.74) is 1.66. The molecule has 2 aliphatic rings. The molecule has 0 atom stereocenters. The smallest absolute Gasteiger partial charge is 0.337 e. The van der Waals surface area contributed by atoms with Gasteiger partial charge in [0.05, 0.1) is 12.2 Å². The van der Waals surface area contributed by atoms with Gasteiger partial charge in [0.1, 0.15) is 17.0 Å². The van der Waals surface area contributed by atoms with E-state index >= 15 is 0 Å². The Morgan fingerprint density at radius 3 is 2.68 bits per heavy atom. The number of thiophene rings is 1. The molecule has 2 aliphatic heterocycles. The molecule has 11 heteroatoms. The Hall–Kier alpha value is -2.95. The van der Waals surface area contributed by atoms with Crippen molar-refractivity contribution in [2.45, 2.75) is 38.5 Å². The first-order chi connectivity index (χ1) is 14.9. The van der Waals surface area contributed by atoms with E-state index in [-0.39, 0.29) is 6.54 Å². The molecule has 0 fully saturated rings. The molecule has 0 aromatic carbocycles. The predicted octanol–water partition coefficient (Wildman–Crippen LogP) is 3.20. The normalized spacial score (nSPS) is 16.5. The van der Waals surface area contributed by atoms with Gasteiger partial charge in [0.2, 0.25) is 5.95 Å². The average molecular weight is 448 g/mol. The SMILES string of the molecule is O=c1nc(N2CC=C(c3cn4c(n3)CCC4)CC2)ncn1Cc1ccc(C(F)(F)F)s1. The molecule has 7 nitrogen and oxygen atoms in total. The van der Waals surface area contributed by atoms with Crippen molar-refractivity contribution in [2.24, 2.45) is 0 Å². The Morgan fingerprint density at radius 2 is 2.00 bits per heavy atom. The number of aryl methyl sites for hydroxylation is 2. The van der Waals surface area contributed by atoms with Crippen LogP contribution in [0.2, 0.25) is 0 Å². The van der Waals surface area contributed by atoms with E-state index in [0.29, 0.717) is 35.3 Å². The quantitative estimate of drug-likeness (QED) is 0.613. The fourth-order valence-corrected chi connectivity index (χ4v) is 4.76. The standard InChI is InChI=1S/C20H19F3N6OS/c21-20(22,23)16-4-3-14(31-16)10-29-12-24-18(26-19(29)30)27-8-5-13(6-9-27)15-11-28-7-1-2-17(28)25-15/h3-5,11-12H,1-2,6-10H2. The number of alkyl halides is 3. The number of rotatable bonds is 4. The highest BCUT2D eigenvalue weighted by Crippen LogP contribution is 2.34. The van der Waals surface area contributed by atoms with Crippen molar-refractivity contribution in [1.82, 2.24) is 24.1 Å². The van der Waals surface area contributed by atoms with Crippen LogP contribution in [-0.2, 0) is 25.7 Å². The molecule has 3 aromatic rings. The third-order valence-corrected chi connectivity index (χ3v) is 6.62. The van der Waals surface area contributed by atoms with Gasteiger partial charge in [0.15, 0.2) is 0 Å². The molecule has 0 amide bonds. The average Bonchev–Trinajstić information content (AvgIpc) is 3.45. The summed E-state index contributed by atoms with van der Waals surface area (Å²) >= 11 is 0.616. The van der Waals surface area contributed by atoms with Gasteiger partial charge in [-0.2, -0.15) is 18.2 Å². The number of hydrogen-bond acceptors (Lipinski definition) is 6. The number of nitrogens with zero attached hydrogens (tertiary/aromatic N) is 6. The van der Waals surface area contributed by atoms with Crippen LogP contribution in [0.1, 0.15) is 34.1 Å². The summed E-state index contributed by atoms with van der Waals surface area (Å²) in [6.45, 7) is 2.27. The van der Waals surface area contributed by atoms with E-state index in [1.165, 1.54) is 22.5 Å². The second-order valence-electron chi connectivity index (χ2n) is 7.60. The summed E-state index contributed by atoms with van der Waals surface area (Å²) in [5, 5.41) is 0. The van der Waals surface area contributed by atoms with Crippen molar-refractivity contribution < 1.29 is 13.2 Å². The number of hydrogen-bond donors (Lipinski definition) is 0. The van der Waals surface area contributed by atoms with Crippen molar-refractivity contribution in [3.63, 3.8) is 0 Å². The van der Waals surface area contributed by atoms with Crippen LogP contribution in [0.25, 0.3) is 5.57 Å². The molecule has 5 heterocycles. The van der Waals surface area contributed by atoms with Crippen LogP contribution in [0.15, 0.2) is 35.5 Å². The third kappa shape index (κ3) is 4.01. The van der Waals surface area contributed by atoms with Crippen molar-refractivity contribution in [3.8, 4) is 0 Å². The summed E-state index contributed by atoms with van der Waals surface area (Å²) in [6.07, 6.45) is 4.10. The highest BCUT2D eigenvalue weighted by Gasteiger charge is 2.32. The molecule has 0 saturated heterocycles. The summed E-state index contributed by atoms with van der Waals surface area (Å²) in [6, 6.07) is 2.39. The van der Waals surface area contributed by atoms with Gasteiger partial charge in [-0.3, -0.25) is 4.57 Å². The lowest BCUT2D eigenvalue weighted by atomic mass is 10.1. The maximum absolute atomic E-state index is 12.8. The number of fused-ring (bicyclic) bond motifs is 1. The summed E-state index contributed by atoms with van der Waals surface area (Å²) < 4.78 is 41.7. The van der Waals surface area contributed by atoms with Gasteiger partial charge in [0, 0.05) is 37.1 Å². The van der Waals surface area contributed by atoms with Gasteiger partial charge in [-0.1, -0.05) is 6.08 Å². The minimum Gasteiger partial charge on any atom is -0.337 e. The summed E-state index contributed by atoms with van der Waals surface area (Å²) in [7, 11) is 0. The van der Waals surface area contributed by atoms with Crippen LogP contribution in [-0.4, -0.2) is 37.2 Å². The molecule has 0 aliphatic carbocycles. The van der Waals surface area contributed by atoms with Gasteiger partial charge in [-0.25, -0.2) is 14.8 Å². The zero-order valence-electron chi connectivity index (χ0n) is 16.5. The Labute approximate surface area is 179 Å². The van der Waals surface area contributed by atoms with Crippen LogP contribution in [0.3, 0.4) is 0 Å². The number of imidazole rings is 1. The van der Waals surface area contributed by atoms with Crippen LogP contribution in [0.5, 0.6) is 0 Å². The lowest BCUT2D eigenvalue weighted by Crippen LogP contribution is -2.34. The van der Waals surface area contributed by atoms with E-state index in [2.05, 4.69) is 26.8 Å². The molecular weight excluding hydrogens is 429 g/mol. The van der Waals surface area contributed by atoms with Gasteiger partial charge in [0.25, 0.3) is 0 Å². The van der Waals surface area contributed by atoms with E-state index in [4.69, 9.17) is 4.98 Å². The van der Waals surface area contributed by atoms with Crippen molar-refractivity contribution in [2.75, 3.05) is 18.0 Å². The molecule has 0 N–H and O–H groups in total. The predicted molar refractivity (Wildman–Crippen MR) is 110 cm³/mol. The first kappa shape index (κ1) is 20.0. The summed E-state index contributed by atoms with van der Waals surface area (Å²) in [5.74, 6) is 1.46.